The Morgan fingerprint density at radius 1 is 1.07 bits per heavy atom. The van der Waals surface area contributed by atoms with Crippen molar-refractivity contribution in [2.24, 2.45) is 0 Å². The summed E-state index contributed by atoms with van der Waals surface area (Å²) in [5.41, 5.74) is 3.83. The number of hydrogen-bond donors (Lipinski definition) is 1. The number of benzene rings is 2. The van der Waals surface area contributed by atoms with Crippen LogP contribution in [0.4, 0.5) is 11.4 Å². The molecule has 1 N–H and O–H groups in total. The van der Waals surface area contributed by atoms with E-state index in [0.717, 1.165) is 22.5 Å². The number of carbonyl (C=O) groups is 2. The number of halogens is 1. The van der Waals surface area contributed by atoms with E-state index in [9.17, 15) is 9.59 Å². The maximum atomic E-state index is 13.5. The summed E-state index contributed by atoms with van der Waals surface area (Å²) in [5.74, 6) is -0.435. The summed E-state index contributed by atoms with van der Waals surface area (Å²) in [5, 5.41) is 3.55. The third-order valence-corrected chi connectivity index (χ3v) is 5.65. The molecule has 146 valence electrons. The van der Waals surface area contributed by atoms with Gasteiger partial charge in [0.15, 0.2) is 6.20 Å². The van der Waals surface area contributed by atoms with Crippen molar-refractivity contribution in [1.29, 1.82) is 0 Å². The van der Waals surface area contributed by atoms with Crippen LogP contribution in [0.2, 0.25) is 5.02 Å². The molecular formula is C23H21ClN3O2+. The molecule has 3 aromatic rings. The lowest BCUT2D eigenvalue weighted by Crippen LogP contribution is -2.58. The van der Waals surface area contributed by atoms with E-state index in [1.54, 1.807) is 17.0 Å². The molecule has 0 saturated heterocycles. The molecule has 1 aliphatic heterocycles. The van der Waals surface area contributed by atoms with Crippen molar-refractivity contribution in [3.63, 3.8) is 0 Å². The summed E-state index contributed by atoms with van der Waals surface area (Å²) >= 11 is 6.32. The highest BCUT2D eigenvalue weighted by atomic mass is 35.5. The highest BCUT2D eigenvalue weighted by molar-refractivity contribution is 6.31. The molecule has 1 atom stereocenters. The Morgan fingerprint density at radius 2 is 1.83 bits per heavy atom. The molecule has 6 heteroatoms. The van der Waals surface area contributed by atoms with Gasteiger partial charge >= 0.3 is 0 Å². The summed E-state index contributed by atoms with van der Waals surface area (Å²) < 4.78 is 1.82. The zero-order chi connectivity index (χ0) is 20.5. The first-order valence-corrected chi connectivity index (χ1v) is 9.77. The topological polar surface area (TPSA) is 53.3 Å². The van der Waals surface area contributed by atoms with E-state index < -0.39 is 6.04 Å². The highest BCUT2D eigenvalue weighted by Crippen LogP contribution is 2.34. The number of para-hydroxylation sites is 1. The first-order valence-electron chi connectivity index (χ1n) is 9.39. The van der Waals surface area contributed by atoms with Crippen LogP contribution in [0.25, 0.3) is 0 Å². The first-order chi connectivity index (χ1) is 14.0. The maximum Gasteiger partial charge on any atom is 0.294 e. The van der Waals surface area contributed by atoms with Crippen LogP contribution in [0, 0.1) is 13.8 Å². The molecule has 1 aromatic heterocycles. The zero-order valence-corrected chi connectivity index (χ0v) is 17.0. The van der Waals surface area contributed by atoms with Crippen LogP contribution in [0.3, 0.4) is 0 Å². The fraction of sp³-hybridized carbons (Fsp3) is 0.174. The number of aromatic nitrogens is 1. The molecule has 0 bridgehead atoms. The van der Waals surface area contributed by atoms with Gasteiger partial charge in [0, 0.05) is 28.5 Å². The second kappa shape index (κ2) is 7.68. The molecule has 0 fully saturated rings. The zero-order valence-electron chi connectivity index (χ0n) is 16.2. The molecule has 1 aliphatic rings. The van der Waals surface area contributed by atoms with Crippen LogP contribution in [-0.4, -0.2) is 11.8 Å². The second-order valence-electron chi connectivity index (χ2n) is 7.11. The molecule has 29 heavy (non-hydrogen) atoms. The van der Waals surface area contributed by atoms with Crippen molar-refractivity contribution in [3.05, 3.63) is 88.7 Å². The molecule has 0 radical (unpaired) electrons. The predicted octanol–water partition coefficient (Wildman–Crippen LogP) is 3.97. The smallest absolute Gasteiger partial charge is 0.294 e. The number of fused-ring (bicyclic) bond motifs is 1. The summed E-state index contributed by atoms with van der Waals surface area (Å²) in [6.07, 6.45) is 1.82. The number of carbonyl (C=O) groups excluding carboxylic acids is 2. The van der Waals surface area contributed by atoms with Crippen molar-refractivity contribution >= 4 is 34.8 Å². The minimum absolute atomic E-state index is 0.163. The van der Waals surface area contributed by atoms with Gasteiger partial charge in [-0.25, -0.2) is 0 Å². The van der Waals surface area contributed by atoms with Crippen LogP contribution in [0.5, 0.6) is 0 Å². The Balaban J connectivity index is 1.83. The van der Waals surface area contributed by atoms with Gasteiger partial charge in [0.1, 0.15) is 0 Å². The number of nitrogens with zero attached hydrogens (tertiary/aromatic N) is 2. The van der Waals surface area contributed by atoms with Gasteiger partial charge in [-0.3, -0.25) is 14.5 Å². The van der Waals surface area contributed by atoms with Crippen molar-refractivity contribution < 1.29 is 14.2 Å². The molecule has 2 heterocycles. The number of pyridine rings is 1. The molecule has 4 rings (SSSR count). The molecule has 2 aromatic carbocycles. The molecule has 0 aliphatic carbocycles. The number of anilines is 2. The SMILES string of the molecule is Cc1ccccc1NC(=O)[C@H]1c2cccc[n+]2CC(=O)N1c1cccc(Cl)c1C. The summed E-state index contributed by atoms with van der Waals surface area (Å²) in [6.45, 7) is 3.95. The Morgan fingerprint density at radius 3 is 2.62 bits per heavy atom. The van der Waals surface area contributed by atoms with E-state index in [2.05, 4.69) is 5.32 Å². The second-order valence-corrected chi connectivity index (χ2v) is 7.52. The van der Waals surface area contributed by atoms with E-state index >= 15 is 0 Å². The minimum atomic E-state index is -0.811. The van der Waals surface area contributed by atoms with Gasteiger partial charge in [-0.15, -0.1) is 0 Å². The summed E-state index contributed by atoms with van der Waals surface area (Å²) in [7, 11) is 0. The lowest BCUT2D eigenvalue weighted by molar-refractivity contribution is -0.695. The quantitative estimate of drug-likeness (QED) is 0.669. The van der Waals surface area contributed by atoms with Gasteiger partial charge in [-0.1, -0.05) is 41.9 Å². The maximum absolute atomic E-state index is 13.5. The van der Waals surface area contributed by atoms with Crippen molar-refractivity contribution in [2.45, 2.75) is 26.4 Å². The van der Waals surface area contributed by atoms with Crippen molar-refractivity contribution in [3.8, 4) is 0 Å². The van der Waals surface area contributed by atoms with Crippen LogP contribution in [0.1, 0.15) is 22.9 Å². The Labute approximate surface area is 174 Å². The third-order valence-electron chi connectivity index (χ3n) is 5.24. The molecular weight excluding hydrogens is 386 g/mol. The van der Waals surface area contributed by atoms with E-state index in [4.69, 9.17) is 11.6 Å². The molecule has 5 nitrogen and oxygen atoms in total. The Bertz CT molecular complexity index is 1110. The van der Waals surface area contributed by atoms with E-state index in [0.29, 0.717) is 10.7 Å². The predicted molar refractivity (Wildman–Crippen MR) is 113 cm³/mol. The highest BCUT2D eigenvalue weighted by Gasteiger charge is 2.44. The number of rotatable bonds is 3. The first kappa shape index (κ1) is 19.2. The minimum Gasteiger partial charge on any atom is -0.324 e. The standard InChI is InChI=1S/C23H20ClN3O2/c1-15-8-3-4-10-18(15)25-23(29)22-20-11-5-6-13-26(20)14-21(28)27(22)19-12-7-9-17(24)16(19)2/h3-13,22H,14H2,1-2H3/p+1/t22-/m1/s1. The van der Waals surface area contributed by atoms with Gasteiger partial charge < -0.3 is 5.32 Å². The fourth-order valence-corrected chi connectivity index (χ4v) is 3.85. The largest absolute Gasteiger partial charge is 0.324 e. The average molecular weight is 407 g/mol. The van der Waals surface area contributed by atoms with Crippen LogP contribution in [0.15, 0.2) is 66.9 Å². The molecule has 2 amide bonds. The van der Waals surface area contributed by atoms with E-state index in [1.807, 2.05) is 73.1 Å². The average Bonchev–Trinajstić information content (AvgIpc) is 2.71. The van der Waals surface area contributed by atoms with Crippen molar-refractivity contribution in [2.75, 3.05) is 10.2 Å². The number of aryl methyl sites for hydroxylation is 1. The van der Waals surface area contributed by atoms with Gasteiger partial charge in [0.2, 0.25) is 18.3 Å². The van der Waals surface area contributed by atoms with E-state index in [-0.39, 0.29) is 18.4 Å². The number of hydrogen-bond acceptors (Lipinski definition) is 2. The van der Waals surface area contributed by atoms with E-state index in [1.165, 1.54) is 0 Å². The summed E-state index contributed by atoms with van der Waals surface area (Å²) in [6, 6.07) is 17.8. The summed E-state index contributed by atoms with van der Waals surface area (Å²) in [4.78, 5) is 28.2. The fourth-order valence-electron chi connectivity index (χ4n) is 3.68. The van der Waals surface area contributed by atoms with Crippen LogP contribution >= 0.6 is 11.6 Å². The van der Waals surface area contributed by atoms with Gasteiger partial charge in [-0.2, -0.15) is 4.57 Å². The Hall–Kier alpha value is -3.18. The lowest BCUT2D eigenvalue weighted by Gasteiger charge is -2.33. The van der Waals surface area contributed by atoms with Crippen molar-refractivity contribution in [1.82, 2.24) is 0 Å². The third kappa shape index (κ3) is 3.49. The molecule has 0 spiro atoms. The van der Waals surface area contributed by atoms with Gasteiger partial charge in [0.25, 0.3) is 11.8 Å². The number of amides is 2. The normalized spacial score (nSPS) is 15.8. The molecule has 0 saturated carbocycles. The number of nitrogens with one attached hydrogen (secondary N) is 1. The monoisotopic (exact) mass is 406 g/mol. The van der Waals surface area contributed by atoms with Gasteiger partial charge in [-0.05, 0) is 43.2 Å². The van der Waals surface area contributed by atoms with Crippen LogP contribution in [-0.2, 0) is 16.1 Å². The lowest BCUT2D eigenvalue weighted by atomic mass is 10.0. The van der Waals surface area contributed by atoms with Gasteiger partial charge in [0.05, 0.1) is 0 Å². The van der Waals surface area contributed by atoms with Crippen LogP contribution < -0.4 is 14.8 Å². The Kier molecular flexibility index (Phi) is 5.07. The molecule has 0 unspecified atom stereocenters.